The number of alkyl halides is 3. The van der Waals surface area contributed by atoms with E-state index < -0.39 is 11.7 Å². The van der Waals surface area contributed by atoms with Gasteiger partial charge in [0.15, 0.2) is 5.75 Å². The summed E-state index contributed by atoms with van der Waals surface area (Å²) in [5.74, 6) is 0.344. The standard InChI is InChI=1S/C15H11Cl2F3N2O/c1-23-14-12(16)5-9(6-13(14)17)8-21-22-11-4-2-3-10(7-11)15(18,19)20/h2-8,22H,1H3. The molecule has 0 aliphatic heterocycles. The molecule has 0 saturated carbocycles. The van der Waals surface area contributed by atoms with Gasteiger partial charge in [0.2, 0.25) is 0 Å². The molecule has 2 aromatic rings. The Hall–Kier alpha value is -1.92. The molecule has 3 nitrogen and oxygen atoms in total. The van der Waals surface area contributed by atoms with Gasteiger partial charge in [0, 0.05) is 0 Å². The highest BCUT2D eigenvalue weighted by Crippen LogP contribution is 2.33. The summed E-state index contributed by atoms with van der Waals surface area (Å²) in [7, 11) is 1.44. The highest BCUT2D eigenvalue weighted by Gasteiger charge is 2.30. The first-order chi connectivity index (χ1) is 10.8. The van der Waals surface area contributed by atoms with Crippen LogP contribution < -0.4 is 10.2 Å². The van der Waals surface area contributed by atoms with E-state index in [1.165, 1.54) is 25.5 Å². The van der Waals surface area contributed by atoms with Crippen LogP contribution in [0.4, 0.5) is 18.9 Å². The number of rotatable bonds is 4. The Balaban J connectivity index is 2.14. The minimum Gasteiger partial charge on any atom is -0.494 e. The highest BCUT2D eigenvalue weighted by atomic mass is 35.5. The number of halogens is 5. The van der Waals surface area contributed by atoms with E-state index >= 15 is 0 Å². The maximum atomic E-state index is 12.6. The summed E-state index contributed by atoms with van der Waals surface area (Å²) in [6.07, 6.45) is -3.02. The zero-order chi connectivity index (χ0) is 17.0. The Morgan fingerprint density at radius 3 is 2.35 bits per heavy atom. The van der Waals surface area contributed by atoms with Gasteiger partial charge in [0.1, 0.15) is 0 Å². The second-order valence-corrected chi connectivity index (χ2v) is 5.28. The topological polar surface area (TPSA) is 33.6 Å². The third-order valence-electron chi connectivity index (χ3n) is 2.82. The van der Waals surface area contributed by atoms with E-state index in [0.29, 0.717) is 21.4 Å². The predicted molar refractivity (Wildman–Crippen MR) is 85.7 cm³/mol. The first-order valence-corrected chi connectivity index (χ1v) is 7.06. The van der Waals surface area contributed by atoms with Gasteiger partial charge in [-0.2, -0.15) is 18.3 Å². The zero-order valence-electron chi connectivity index (χ0n) is 11.8. The molecule has 0 radical (unpaired) electrons. The molecule has 0 saturated heterocycles. The quantitative estimate of drug-likeness (QED) is 0.578. The third-order valence-corrected chi connectivity index (χ3v) is 3.38. The minimum atomic E-state index is -4.40. The summed E-state index contributed by atoms with van der Waals surface area (Å²) in [6, 6.07) is 7.86. The van der Waals surface area contributed by atoms with Gasteiger partial charge in [-0.1, -0.05) is 29.3 Å². The maximum absolute atomic E-state index is 12.6. The summed E-state index contributed by atoms with van der Waals surface area (Å²) < 4.78 is 42.8. The van der Waals surface area contributed by atoms with Crippen LogP contribution in [0.5, 0.6) is 5.75 Å². The van der Waals surface area contributed by atoms with Crippen LogP contribution in [-0.4, -0.2) is 13.3 Å². The van der Waals surface area contributed by atoms with Gasteiger partial charge >= 0.3 is 6.18 Å². The van der Waals surface area contributed by atoms with Gasteiger partial charge < -0.3 is 4.74 Å². The van der Waals surface area contributed by atoms with E-state index in [9.17, 15) is 13.2 Å². The van der Waals surface area contributed by atoms with Crippen LogP contribution in [0, 0.1) is 0 Å². The molecule has 122 valence electrons. The third kappa shape index (κ3) is 4.53. The summed E-state index contributed by atoms with van der Waals surface area (Å²) >= 11 is 12.0. The lowest BCUT2D eigenvalue weighted by molar-refractivity contribution is -0.137. The lowest BCUT2D eigenvalue weighted by Crippen LogP contribution is -2.05. The predicted octanol–water partition coefficient (Wildman–Crippen LogP) is 5.47. The number of ether oxygens (including phenoxy) is 1. The number of nitrogens with one attached hydrogen (secondary N) is 1. The van der Waals surface area contributed by atoms with Gasteiger partial charge in [-0.25, -0.2) is 0 Å². The Morgan fingerprint density at radius 1 is 1.13 bits per heavy atom. The fraction of sp³-hybridized carbons (Fsp3) is 0.133. The van der Waals surface area contributed by atoms with Crippen LogP contribution >= 0.6 is 23.2 Å². The van der Waals surface area contributed by atoms with Crippen LogP contribution in [0.25, 0.3) is 0 Å². The molecule has 0 spiro atoms. The number of hydrazone groups is 1. The lowest BCUT2D eigenvalue weighted by Gasteiger charge is -2.08. The SMILES string of the molecule is COc1c(Cl)cc(C=NNc2cccc(C(F)(F)F)c2)cc1Cl. The van der Waals surface area contributed by atoms with Crippen LogP contribution in [-0.2, 0) is 6.18 Å². The highest BCUT2D eigenvalue weighted by molar-refractivity contribution is 6.37. The average molecular weight is 363 g/mol. The van der Waals surface area contributed by atoms with E-state index in [0.717, 1.165) is 12.1 Å². The van der Waals surface area contributed by atoms with Gasteiger partial charge in [-0.05, 0) is 35.9 Å². The smallest absolute Gasteiger partial charge is 0.416 e. The van der Waals surface area contributed by atoms with Crippen molar-refractivity contribution in [2.75, 3.05) is 12.5 Å². The summed E-state index contributed by atoms with van der Waals surface area (Å²) in [5, 5.41) is 4.48. The molecule has 0 fully saturated rings. The Labute approximate surface area is 140 Å². The van der Waals surface area contributed by atoms with E-state index in [1.807, 2.05) is 0 Å². The maximum Gasteiger partial charge on any atom is 0.416 e. The van der Waals surface area contributed by atoms with Crippen LogP contribution in [0.1, 0.15) is 11.1 Å². The molecule has 0 aliphatic carbocycles. The number of anilines is 1. The van der Waals surface area contributed by atoms with E-state index in [2.05, 4.69) is 10.5 Å². The van der Waals surface area contributed by atoms with Crippen molar-refractivity contribution in [2.24, 2.45) is 5.10 Å². The molecule has 2 aromatic carbocycles. The summed E-state index contributed by atoms with van der Waals surface area (Å²) in [4.78, 5) is 0. The van der Waals surface area contributed by atoms with Gasteiger partial charge in [-0.3, -0.25) is 5.43 Å². The van der Waals surface area contributed by atoms with Crippen molar-refractivity contribution in [1.29, 1.82) is 0 Å². The van der Waals surface area contributed by atoms with Crippen molar-refractivity contribution in [3.8, 4) is 5.75 Å². The number of benzene rings is 2. The van der Waals surface area contributed by atoms with Crippen molar-refractivity contribution in [3.63, 3.8) is 0 Å². The number of nitrogens with zero attached hydrogens (tertiary/aromatic N) is 1. The fourth-order valence-electron chi connectivity index (χ4n) is 1.80. The minimum absolute atomic E-state index is 0.210. The molecule has 0 aliphatic rings. The van der Waals surface area contributed by atoms with Gasteiger partial charge in [0.25, 0.3) is 0 Å². The van der Waals surface area contributed by atoms with Crippen LogP contribution in [0.2, 0.25) is 10.0 Å². The molecule has 0 atom stereocenters. The molecule has 2 rings (SSSR count). The first-order valence-electron chi connectivity index (χ1n) is 6.30. The molecular formula is C15H11Cl2F3N2O. The summed E-state index contributed by atoms with van der Waals surface area (Å²) in [5.41, 5.74) is 2.55. The Kier molecular flexibility index (Phi) is 5.38. The molecule has 23 heavy (non-hydrogen) atoms. The molecular weight excluding hydrogens is 352 g/mol. The summed E-state index contributed by atoms with van der Waals surface area (Å²) in [6.45, 7) is 0. The van der Waals surface area contributed by atoms with Crippen LogP contribution in [0.15, 0.2) is 41.5 Å². The number of hydrogen-bond acceptors (Lipinski definition) is 3. The molecule has 0 amide bonds. The fourth-order valence-corrected chi connectivity index (χ4v) is 2.45. The van der Waals surface area contributed by atoms with Crippen molar-refractivity contribution in [3.05, 3.63) is 57.6 Å². The normalized spacial score (nSPS) is 11.7. The van der Waals surface area contributed by atoms with Gasteiger partial charge in [0.05, 0.1) is 34.6 Å². The van der Waals surface area contributed by atoms with Gasteiger partial charge in [-0.15, -0.1) is 0 Å². The molecule has 8 heteroatoms. The number of hydrogen-bond donors (Lipinski definition) is 1. The molecule has 0 aromatic heterocycles. The van der Waals surface area contributed by atoms with Crippen molar-refractivity contribution in [2.45, 2.75) is 6.18 Å². The molecule has 0 heterocycles. The molecule has 0 unspecified atom stereocenters. The second kappa shape index (κ2) is 7.10. The van der Waals surface area contributed by atoms with Crippen molar-refractivity contribution < 1.29 is 17.9 Å². The lowest BCUT2D eigenvalue weighted by atomic mass is 10.2. The zero-order valence-corrected chi connectivity index (χ0v) is 13.3. The molecule has 1 N–H and O–H groups in total. The van der Waals surface area contributed by atoms with E-state index in [1.54, 1.807) is 12.1 Å². The Morgan fingerprint density at radius 2 is 1.78 bits per heavy atom. The van der Waals surface area contributed by atoms with Crippen molar-refractivity contribution >= 4 is 35.1 Å². The largest absolute Gasteiger partial charge is 0.494 e. The van der Waals surface area contributed by atoms with E-state index in [4.69, 9.17) is 27.9 Å². The monoisotopic (exact) mass is 362 g/mol. The van der Waals surface area contributed by atoms with Crippen molar-refractivity contribution in [1.82, 2.24) is 0 Å². The Bertz CT molecular complexity index is 710. The number of methoxy groups -OCH3 is 1. The second-order valence-electron chi connectivity index (χ2n) is 4.47. The average Bonchev–Trinajstić information content (AvgIpc) is 2.46. The van der Waals surface area contributed by atoms with E-state index in [-0.39, 0.29) is 5.69 Å². The molecule has 0 bridgehead atoms. The van der Waals surface area contributed by atoms with Crippen LogP contribution in [0.3, 0.4) is 0 Å². The first kappa shape index (κ1) is 17.4.